The van der Waals surface area contributed by atoms with Gasteiger partial charge in [0.15, 0.2) is 11.3 Å². The predicted octanol–water partition coefficient (Wildman–Crippen LogP) is 2.45. The number of phenols is 1. The van der Waals surface area contributed by atoms with Gasteiger partial charge in [0.05, 0.1) is 0 Å². The van der Waals surface area contributed by atoms with Gasteiger partial charge < -0.3 is 14.6 Å². The lowest BCUT2D eigenvalue weighted by molar-refractivity contribution is 0.0694. The minimum Gasteiger partial charge on any atom is -0.504 e. The summed E-state index contributed by atoms with van der Waals surface area (Å²) in [4.78, 5) is 10.8. The quantitative estimate of drug-likeness (QED) is 0.751. The van der Waals surface area contributed by atoms with Crippen molar-refractivity contribution >= 4 is 16.9 Å². The molecule has 15 heavy (non-hydrogen) atoms. The Morgan fingerprint density at radius 3 is 2.60 bits per heavy atom. The zero-order valence-electron chi connectivity index (χ0n) is 8.37. The zero-order chi connectivity index (χ0) is 11.2. The second kappa shape index (κ2) is 3.02. The summed E-state index contributed by atoms with van der Waals surface area (Å²) in [5, 5.41) is 19.2. The van der Waals surface area contributed by atoms with Crippen molar-refractivity contribution in [2.24, 2.45) is 0 Å². The van der Waals surface area contributed by atoms with Gasteiger partial charge in [0.25, 0.3) is 0 Å². The average molecular weight is 206 g/mol. The van der Waals surface area contributed by atoms with Crippen molar-refractivity contribution in [3.8, 4) is 5.75 Å². The first-order valence-corrected chi connectivity index (χ1v) is 4.47. The first-order chi connectivity index (χ1) is 7.02. The topological polar surface area (TPSA) is 70.7 Å². The Kier molecular flexibility index (Phi) is 1.93. The van der Waals surface area contributed by atoms with E-state index in [0.29, 0.717) is 5.76 Å². The van der Waals surface area contributed by atoms with Gasteiger partial charge in [-0.1, -0.05) is 0 Å². The summed E-state index contributed by atoms with van der Waals surface area (Å²) in [6, 6.07) is 3.02. The van der Waals surface area contributed by atoms with Crippen molar-refractivity contribution < 1.29 is 19.4 Å². The zero-order valence-corrected chi connectivity index (χ0v) is 8.37. The van der Waals surface area contributed by atoms with Crippen LogP contribution in [-0.4, -0.2) is 16.2 Å². The van der Waals surface area contributed by atoms with Gasteiger partial charge in [-0.15, -0.1) is 0 Å². The highest BCUT2D eigenvalue weighted by atomic mass is 16.4. The Morgan fingerprint density at radius 2 is 2.00 bits per heavy atom. The third-order valence-corrected chi connectivity index (χ3v) is 2.55. The number of hydrogen-bond donors (Lipinski definition) is 2. The van der Waals surface area contributed by atoms with Crippen molar-refractivity contribution in [2.75, 3.05) is 0 Å². The number of aryl methyl sites for hydroxylation is 2. The maximum absolute atomic E-state index is 10.8. The number of carboxylic acid groups (broad SMARTS) is 1. The lowest BCUT2D eigenvalue weighted by Gasteiger charge is -1.99. The second-order valence-electron chi connectivity index (χ2n) is 3.43. The third kappa shape index (κ3) is 1.26. The van der Waals surface area contributed by atoms with Crippen LogP contribution in [0, 0.1) is 13.8 Å². The summed E-state index contributed by atoms with van der Waals surface area (Å²) in [6.45, 7) is 3.64. The van der Waals surface area contributed by atoms with Gasteiger partial charge in [-0.2, -0.15) is 0 Å². The number of hydrogen-bond acceptors (Lipinski definition) is 3. The van der Waals surface area contributed by atoms with E-state index in [4.69, 9.17) is 9.52 Å². The Hall–Kier alpha value is -1.97. The Bertz CT molecular complexity index is 551. The predicted molar refractivity (Wildman–Crippen MR) is 54.3 cm³/mol. The molecule has 0 spiro atoms. The smallest absolute Gasteiger partial charge is 0.339 e. The van der Waals surface area contributed by atoms with E-state index in [-0.39, 0.29) is 16.9 Å². The van der Waals surface area contributed by atoms with Crippen LogP contribution in [0.5, 0.6) is 5.75 Å². The average Bonchev–Trinajstić information content (AvgIpc) is 2.45. The lowest BCUT2D eigenvalue weighted by atomic mass is 10.1. The van der Waals surface area contributed by atoms with Crippen LogP contribution in [0.25, 0.3) is 11.0 Å². The molecular weight excluding hydrogens is 196 g/mol. The molecule has 0 saturated carbocycles. The normalized spacial score (nSPS) is 10.8. The maximum atomic E-state index is 10.8. The fourth-order valence-electron chi connectivity index (χ4n) is 1.56. The highest BCUT2D eigenvalue weighted by Gasteiger charge is 2.17. The van der Waals surface area contributed by atoms with Crippen molar-refractivity contribution in [3.63, 3.8) is 0 Å². The summed E-state index contributed by atoms with van der Waals surface area (Å²) in [5.74, 6) is -0.792. The van der Waals surface area contributed by atoms with Crippen molar-refractivity contribution in [2.45, 2.75) is 13.8 Å². The van der Waals surface area contributed by atoms with E-state index in [2.05, 4.69) is 0 Å². The molecule has 0 saturated heterocycles. The SMILES string of the molecule is Cc1oc2c(O)c(C(=O)O)ccc2c1C. The molecular formula is C11H10O4. The molecule has 1 heterocycles. The number of benzene rings is 1. The van der Waals surface area contributed by atoms with Crippen LogP contribution < -0.4 is 0 Å². The number of rotatable bonds is 1. The minimum atomic E-state index is -1.17. The van der Waals surface area contributed by atoms with Gasteiger partial charge in [-0.3, -0.25) is 0 Å². The van der Waals surface area contributed by atoms with E-state index in [1.807, 2.05) is 6.92 Å². The lowest BCUT2D eigenvalue weighted by Crippen LogP contribution is -1.96. The van der Waals surface area contributed by atoms with Crippen LogP contribution in [0.2, 0.25) is 0 Å². The standard InChI is InChI=1S/C11H10O4/c1-5-6(2)15-10-7(5)3-4-8(9(10)12)11(13)14/h3-4,12H,1-2H3,(H,13,14). The van der Waals surface area contributed by atoms with E-state index < -0.39 is 5.97 Å². The van der Waals surface area contributed by atoms with Crippen LogP contribution in [0.4, 0.5) is 0 Å². The number of carboxylic acids is 1. The molecule has 4 nitrogen and oxygen atoms in total. The van der Waals surface area contributed by atoms with E-state index in [0.717, 1.165) is 10.9 Å². The number of carbonyl (C=O) groups is 1. The molecule has 1 aromatic heterocycles. The highest BCUT2D eigenvalue weighted by molar-refractivity contribution is 5.99. The molecule has 4 heteroatoms. The Labute approximate surface area is 85.8 Å². The van der Waals surface area contributed by atoms with Gasteiger partial charge in [0.2, 0.25) is 0 Å². The van der Waals surface area contributed by atoms with Crippen LogP contribution in [-0.2, 0) is 0 Å². The molecule has 0 unspecified atom stereocenters. The van der Waals surface area contributed by atoms with Gasteiger partial charge >= 0.3 is 5.97 Å². The molecule has 0 atom stereocenters. The molecule has 2 aromatic rings. The molecule has 2 rings (SSSR count). The minimum absolute atomic E-state index is 0.142. The van der Waals surface area contributed by atoms with E-state index in [1.54, 1.807) is 13.0 Å². The number of aromatic hydroxyl groups is 1. The molecule has 78 valence electrons. The molecule has 1 aromatic carbocycles. The first kappa shape index (κ1) is 9.58. The molecule has 0 fully saturated rings. The molecule has 0 bridgehead atoms. The van der Waals surface area contributed by atoms with E-state index >= 15 is 0 Å². The van der Waals surface area contributed by atoms with Gasteiger partial charge in [-0.05, 0) is 31.5 Å². The summed E-state index contributed by atoms with van der Waals surface area (Å²) in [6.07, 6.45) is 0. The molecule has 0 aliphatic carbocycles. The molecule has 2 N–H and O–H groups in total. The van der Waals surface area contributed by atoms with Crippen LogP contribution >= 0.6 is 0 Å². The first-order valence-electron chi connectivity index (χ1n) is 4.47. The largest absolute Gasteiger partial charge is 0.504 e. The van der Waals surface area contributed by atoms with Crippen LogP contribution in [0.15, 0.2) is 16.5 Å². The summed E-state index contributed by atoms with van der Waals surface area (Å²) >= 11 is 0. The number of aromatic carboxylic acids is 1. The van der Waals surface area contributed by atoms with Gasteiger partial charge in [0, 0.05) is 5.39 Å². The van der Waals surface area contributed by atoms with Crippen molar-refractivity contribution in [1.82, 2.24) is 0 Å². The summed E-state index contributed by atoms with van der Waals surface area (Å²) in [5.41, 5.74) is 1.01. The van der Waals surface area contributed by atoms with Crippen molar-refractivity contribution in [1.29, 1.82) is 0 Å². The highest BCUT2D eigenvalue weighted by Crippen LogP contribution is 2.33. The molecule has 0 amide bonds. The summed E-state index contributed by atoms with van der Waals surface area (Å²) in [7, 11) is 0. The van der Waals surface area contributed by atoms with Gasteiger partial charge in [-0.25, -0.2) is 4.79 Å². The number of furan rings is 1. The van der Waals surface area contributed by atoms with Crippen LogP contribution in [0.1, 0.15) is 21.7 Å². The fourth-order valence-corrected chi connectivity index (χ4v) is 1.56. The third-order valence-electron chi connectivity index (χ3n) is 2.55. The van der Waals surface area contributed by atoms with E-state index in [1.165, 1.54) is 6.07 Å². The fraction of sp³-hybridized carbons (Fsp3) is 0.182. The number of fused-ring (bicyclic) bond motifs is 1. The maximum Gasteiger partial charge on any atom is 0.339 e. The second-order valence-corrected chi connectivity index (χ2v) is 3.43. The Balaban J connectivity index is 2.85. The Morgan fingerprint density at radius 1 is 1.33 bits per heavy atom. The van der Waals surface area contributed by atoms with Gasteiger partial charge in [0.1, 0.15) is 11.3 Å². The molecule has 0 aliphatic heterocycles. The summed E-state index contributed by atoms with van der Waals surface area (Å²) < 4.78 is 5.31. The van der Waals surface area contributed by atoms with Crippen LogP contribution in [0.3, 0.4) is 0 Å². The molecule has 0 radical (unpaired) electrons. The van der Waals surface area contributed by atoms with Crippen molar-refractivity contribution in [3.05, 3.63) is 29.0 Å². The molecule has 0 aliphatic rings. The van der Waals surface area contributed by atoms with E-state index in [9.17, 15) is 9.90 Å². The monoisotopic (exact) mass is 206 g/mol.